The van der Waals surface area contributed by atoms with Gasteiger partial charge in [-0.05, 0) is 45.2 Å². The maximum absolute atomic E-state index is 13.5. The van der Waals surface area contributed by atoms with Gasteiger partial charge in [0.1, 0.15) is 13.2 Å². The number of carbonyl (C=O) groups is 3. The Labute approximate surface area is 310 Å². The second-order valence-electron chi connectivity index (χ2n) is 14.8. The molecule has 0 aromatic carbocycles. The minimum Gasteiger partial charge on any atom is -0.464 e. The summed E-state index contributed by atoms with van der Waals surface area (Å²) in [6.45, 7) is 16.1. The Kier molecular flexibility index (Phi) is 34.6. The number of carbonyl (C=O) groups excluding carboxylic acids is 3. The maximum atomic E-state index is 13.5. The molecule has 50 heavy (non-hydrogen) atoms. The molecule has 0 rings (SSSR count). The van der Waals surface area contributed by atoms with E-state index < -0.39 is 0 Å². The number of hydrogen-bond donors (Lipinski definition) is 0. The van der Waals surface area contributed by atoms with Gasteiger partial charge in [0, 0.05) is 0 Å². The summed E-state index contributed by atoms with van der Waals surface area (Å²) in [5.74, 6) is -0.363. The molecule has 0 heterocycles. The number of nitrogens with zero attached hydrogens (tertiary/aromatic N) is 2. The number of likely N-dealkylation sites (N-methyl/N-ethyl adjacent to an activating group) is 1. The second-order valence-corrected chi connectivity index (χ2v) is 14.8. The van der Waals surface area contributed by atoms with Crippen LogP contribution >= 0.6 is 0 Å². The van der Waals surface area contributed by atoms with Crippen molar-refractivity contribution in [2.45, 2.75) is 202 Å². The molecule has 0 aromatic heterocycles. The van der Waals surface area contributed by atoms with Crippen LogP contribution in [0.5, 0.6) is 0 Å². The van der Waals surface area contributed by atoms with Crippen molar-refractivity contribution in [1.82, 2.24) is 9.80 Å². The lowest BCUT2D eigenvalue weighted by molar-refractivity contribution is -0.152. The third-order valence-electron chi connectivity index (χ3n) is 10.2. The van der Waals surface area contributed by atoms with E-state index in [1.54, 1.807) is 4.90 Å². The first-order valence-corrected chi connectivity index (χ1v) is 21.7. The van der Waals surface area contributed by atoms with E-state index in [9.17, 15) is 14.4 Å². The van der Waals surface area contributed by atoms with Crippen LogP contribution in [0.4, 0.5) is 0 Å². The van der Waals surface area contributed by atoms with E-state index in [2.05, 4.69) is 46.4 Å². The summed E-state index contributed by atoms with van der Waals surface area (Å²) >= 11 is 0. The molecular formula is C43H84N2O5. The first-order chi connectivity index (χ1) is 24.4. The monoisotopic (exact) mass is 709 g/mol. The van der Waals surface area contributed by atoms with Crippen molar-refractivity contribution in [3.63, 3.8) is 0 Å². The van der Waals surface area contributed by atoms with Gasteiger partial charge < -0.3 is 14.4 Å². The average molecular weight is 709 g/mol. The molecule has 0 N–H and O–H groups in total. The fourth-order valence-corrected chi connectivity index (χ4v) is 6.80. The molecule has 2 unspecified atom stereocenters. The van der Waals surface area contributed by atoms with Crippen molar-refractivity contribution in [1.29, 1.82) is 0 Å². The molecule has 0 radical (unpaired) electrons. The van der Waals surface area contributed by atoms with Gasteiger partial charge in [0.15, 0.2) is 0 Å². The van der Waals surface area contributed by atoms with Crippen molar-refractivity contribution in [3.05, 3.63) is 0 Å². The van der Waals surface area contributed by atoms with Gasteiger partial charge in [-0.1, -0.05) is 170 Å². The highest BCUT2D eigenvalue weighted by Gasteiger charge is 2.23. The average Bonchev–Trinajstić information content (AvgIpc) is 3.11. The number of hydrogen-bond acceptors (Lipinski definition) is 6. The SMILES string of the molecule is CCCCCCCCC(CCCCCC)C(=O)OCCN(CCOC(=O)C(CCCCCC)CCCCCCCC)C(=O)CN(CC)CCC. The molecule has 2 atom stereocenters. The van der Waals surface area contributed by atoms with Crippen LogP contribution in [-0.2, 0) is 23.9 Å². The largest absolute Gasteiger partial charge is 0.464 e. The summed E-state index contributed by atoms with van der Waals surface area (Å²) in [7, 11) is 0. The molecule has 0 saturated carbocycles. The zero-order valence-corrected chi connectivity index (χ0v) is 34.2. The van der Waals surface area contributed by atoms with Gasteiger partial charge in [0.25, 0.3) is 0 Å². The van der Waals surface area contributed by atoms with Crippen molar-refractivity contribution in [3.8, 4) is 0 Å². The van der Waals surface area contributed by atoms with Crippen LogP contribution in [0.25, 0.3) is 0 Å². The normalized spacial score (nSPS) is 12.6. The van der Waals surface area contributed by atoms with Crippen LogP contribution in [0.15, 0.2) is 0 Å². The highest BCUT2D eigenvalue weighted by Crippen LogP contribution is 2.22. The highest BCUT2D eigenvalue weighted by atomic mass is 16.5. The first kappa shape index (κ1) is 48.4. The molecule has 0 aliphatic rings. The Morgan fingerprint density at radius 3 is 1.12 bits per heavy atom. The molecule has 1 amide bonds. The lowest BCUT2D eigenvalue weighted by Crippen LogP contribution is -2.44. The van der Waals surface area contributed by atoms with Gasteiger partial charge >= 0.3 is 11.9 Å². The van der Waals surface area contributed by atoms with Crippen LogP contribution in [0.3, 0.4) is 0 Å². The smallest absolute Gasteiger partial charge is 0.308 e. The molecule has 0 bridgehead atoms. The minimum atomic E-state index is -0.115. The number of ether oxygens (including phenoxy) is 2. The first-order valence-electron chi connectivity index (χ1n) is 21.7. The Balaban J connectivity index is 5.29. The summed E-state index contributed by atoms with van der Waals surface area (Å²) in [5, 5.41) is 0. The predicted octanol–water partition coefficient (Wildman–Crippen LogP) is 11.3. The molecule has 7 nitrogen and oxygen atoms in total. The van der Waals surface area contributed by atoms with E-state index in [1.165, 1.54) is 89.9 Å². The highest BCUT2D eigenvalue weighted by molar-refractivity contribution is 5.78. The van der Waals surface area contributed by atoms with Crippen LogP contribution in [0.2, 0.25) is 0 Å². The number of unbranched alkanes of at least 4 members (excludes halogenated alkanes) is 16. The number of amides is 1. The van der Waals surface area contributed by atoms with E-state index in [0.29, 0.717) is 19.6 Å². The van der Waals surface area contributed by atoms with Gasteiger partial charge in [-0.3, -0.25) is 19.3 Å². The van der Waals surface area contributed by atoms with Crippen LogP contribution < -0.4 is 0 Å². The summed E-state index contributed by atoms with van der Waals surface area (Å²) in [5.41, 5.74) is 0. The standard InChI is InChI=1S/C43H84N2O5/c1-7-13-17-21-23-27-31-39(29-25-19-15-9-3)42(47)49-36-34-45(41(46)38-44(12-6)33-11-5)35-37-50-43(48)40(30-26-20-16-10-4)32-28-24-22-18-14-8-2/h39-40H,7-38H2,1-6H3. The quantitative estimate of drug-likeness (QED) is 0.0472. The van der Waals surface area contributed by atoms with Gasteiger partial charge in [-0.2, -0.15) is 0 Å². The van der Waals surface area contributed by atoms with Crippen LogP contribution in [0.1, 0.15) is 202 Å². The third-order valence-corrected chi connectivity index (χ3v) is 10.2. The van der Waals surface area contributed by atoms with Crippen LogP contribution in [0, 0.1) is 11.8 Å². The Hall–Kier alpha value is -1.63. The Morgan fingerprint density at radius 2 is 0.780 bits per heavy atom. The summed E-state index contributed by atoms with van der Waals surface area (Å²) in [6, 6.07) is 0. The van der Waals surface area contributed by atoms with Crippen LogP contribution in [-0.4, -0.2) is 73.6 Å². The van der Waals surface area contributed by atoms with Gasteiger partial charge in [0.2, 0.25) is 5.91 Å². The molecule has 7 heteroatoms. The molecule has 296 valence electrons. The lowest BCUT2D eigenvalue weighted by atomic mass is 9.94. The van der Waals surface area contributed by atoms with Crippen molar-refractivity contribution in [2.24, 2.45) is 11.8 Å². The van der Waals surface area contributed by atoms with E-state index in [0.717, 1.165) is 83.7 Å². The lowest BCUT2D eigenvalue weighted by Gasteiger charge is -2.27. The van der Waals surface area contributed by atoms with Gasteiger partial charge in [0.05, 0.1) is 31.5 Å². The molecule has 0 aromatic rings. The molecule has 0 aliphatic heterocycles. The van der Waals surface area contributed by atoms with Crippen molar-refractivity contribution in [2.75, 3.05) is 45.9 Å². The predicted molar refractivity (Wildman–Crippen MR) is 211 cm³/mol. The topological polar surface area (TPSA) is 76.1 Å². The van der Waals surface area contributed by atoms with Crippen molar-refractivity contribution >= 4 is 17.8 Å². The summed E-state index contributed by atoms with van der Waals surface area (Å²) in [4.78, 5) is 44.0. The maximum Gasteiger partial charge on any atom is 0.308 e. The molecule has 0 fully saturated rings. The molecule has 0 aliphatic carbocycles. The second kappa shape index (κ2) is 35.8. The Bertz CT molecular complexity index is 741. The van der Waals surface area contributed by atoms with Gasteiger partial charge in [-0.15, -0.1) is 0 Å². The zero-order chi connectivity index (χ0) is 37.1. The summed E-state index contributed by atoms with van der Waals surface area (Å²) < 4.78 is 11.7. The Morgan fingerprint density at radius 1 is 0.440 bits per heavy atom. The van der Waals surface area contributed by atoms with E-state index in [4.69, 9.17) is 9.47 Å². The van der Waals surface area contributed by atoms with E-state index in [1.807, 2.05) is 0 Å². The zero-order valence-electron chi connectivity index (χ0n) is 34.2. The number of esters is 2. The molecular weight excluding hydrogens is 624 g/mol. The van der Waals surface area contributed by atoms with Crippen molar-refractivity contribution < 1.29 is 23.9 Å². The molecule has 0 saturated heterocycles. The third kappa shape index (κ3) is 27.1. The van der Waals surface area contributed by atoms with E-state index >= 15 is 0 Å². The fourth-order valence-electron chi connectivity index (χ4n) is 6.80. The minimum absolute atomic E-state index is 0.00112. The van der Waals surface area contributed by atoms with E-state index in [-0.39, 0.29) is 42.9 Å². The fraction of sp³-hybridized carbons (Fsp3) is 0.930. The van der Waals surface area contributed by atoms with Gasteiger partial charge in [-0.25, -0.2) is 0 Å². The summed E-state index contributed by atoms with van der Waals surface area (Å²) in [6.07, 6.45) is 28.2. The molecule has 0 spiro atoms. The number of rotatable bonds is 37.